The van der Waals surface area contributed by atoms with Gasteiger partial charge in [-0.25, -0.2) is 0 Å². The molecule has 0 radical (unpaired) electrons. The summed E-state index contributed by atoms with van der Waals surface area (Å²) in [5, 5.41) is 5.76. The lowest BCUT2D eigenvalue weighted by Gasteiger charge is -2.12. The van der Waals surface area contributed by atoms with E-state index in [-0.39, 0.29) is 18.2 Å². The molecule has 6 nitrogen and oxygen atoms in total. The van der Waals surface area contributed by atoms with Crippen molar-refractivity contribution in [2.24, 2.45) is 0 Å². The summed E-state index contributed by atoms with van der Waals surface area (Å²) < 4.78 is 11.2. The number of amides is 2. The fourth-order valence-electron chi connectivity index (χ4n) is 2.66. The number of halogens is 1. The second-order valence-electron chi connectivity index (χ2n) is 5.84. The summed E-state index contributed by atoms with van der Waals surface area (Å²) in [5.74, 6) is 0.645. The standard InChI is InChI=1S/C19H19ClN2O4/c1-21-19(24)13-4-2-5-14(11-13)22-17(23)10-12-8-15(20)18-16(9-12)25-6-3-7-26-18/h2,4-5,8-9,11H,3,6-7,10H2,1H3,(H,21,24)(H,22,23). The second-order valence-corrected chi connectivity index (χ2v) is 6.25. The molecule has 3 rings (SSSR count). The summed E-state index contributed by atoms with van der Waals surface area (Å²) in [6, 6.07) is 10.2. The molecule has 0 atom stereocenters. The van der Waals surface area contributed by atoms with Gasteiger partial charge in [0.1, 0.15) is 0 Å². The second kappa shape index (κ2) is 8.10. The molecule has 1 aliphatic rings. The number of carbonyl (C=O) groups excluding carboxylic acids is 2. The number of hydrogen-bond acceptors (Lipinski definition) is 4. The zero-order valence-electron chi connectivity index (χ0n) is 14.3. The van der Waals surface area contributed by atoms with E-state index < -0.39 is 0 Å². The van der Waals surface area contributed by atoms with E-state index in [1.165, 1.54) is 0 Å². The van der Waals surface area contributed by atoms with Crippen LogP contribution >= 0.6 is 11.6 Å². The predicted molar refractivity (Wildman–Crippen MR) is 99.2 cm³/mol. The summed E-state index contributed by atoms with van der Waals surface area (Å²) in [4.78, 5) is 24.0. The molecule has 0 unspecified atom stereocenters. The minimum atomic E-state index is -0.218. The van der Waals surface area contributed by atoms with E-state index >= 15 is 0 Å². The Morgan fingerprint density at radius 2 is 1.96 bits per heavy atom. The van der Waals surface area contributed by atoms with Gasteiger partial charge in [-0.05, 0) is 35.9 Å². The van der Waals surface area contributed by atoms with E-state index in [1.807, 2.05) is 0 Å². The lowest BCUT2D eigenvalue weighted by molar-refractivity contribution is -0.115. The molecule has 2 aromatic carbocycles. The highest BCUT2D eigenvalue weighted by Gasteiger charge is 2.17. The Hall–Kier alpha value is -2.73. The largest absolute Gasteiger partial charge is 0.489 e. The van der Waals surface area contributed by atoms with Crippen LogP contribution in [-0.2, 0) is 11.2 Å². The zero-order chi connectivity index (χ0) is 18.5. The smallest absolute Gasteiger partial charge is 0.251 e. The molecule has 0 bridgehead atoms. The number of nitrogens with one attached hydrogen (secondary N) is 2. The van der Waals surface area contributed by atoms with Crippen LogP contribution in [0, 0.1) is 0 Å². The molecule has 0 saturated carbocycles. The Bertz CT molecular complexity index is 838. The lowest BCUT2D eigenvalue weighted by atomic mass is 10.1. The normalized spacial score (nSPS) is 12.8. The van der Waals surface area contributed by atoms with Crippen molar-refractivity contribution in [2.75, 3.05) is 25.6 Å². The molecule has 0 spiro atoms. The number of fused-ring (bicyclic) bond motifs is 1. The molecule has 0 saturated heterocycles. The first kappa shape index (κ1) is 18.1. The van der Waals surface area contributed by atoms with Crippen molar-refractivity contribution in [3.05, 3.63) is 52.5 Å². The molecular formula is C19H19ClN2O4. The number of benzene rings is 2. The average Bonchev–Trinajstić information content (AvgIpc) is 2.87. The molecule has 2 N–H and O–H groups in total. The molecule has 26 heavy (non-hydrogen) atoms. The first-order valence-corrected chi connectivity index (χ1v) is 8.64. The third-order valence-electron chi connectivity index (χ3n) is 3.86. The van der Waals surface area contributed by atoms with Gasteiger partial charge in [-0.1, -0.05) is 17.7 Å². The maximum absolute atomic E-state index is 12.4. The van der Waals surface area contributed by atoms with Crippen molar-refractivity contribution in [3.63, 3.8) is 0 Å². The summed E-state index contributed by atoms with van der Waals surface area (Å²) in [6.07, 6.45) is 0.906. The molecule has 0 fully saturated rings. The monoisotopic (exact) mass is 374 g/mol. The fraction of sp³-hybridized carbons (Fsp3) is 0.263. The fourth-order valence-corrected chi connectivity index (χ4v) is 2.95. The van der Waals surface area contributed by atoms with Crippen molar-refractivity contribution in [2.45, 2.75) is 12.8 Å². The van der Waals surface area contributed by atoms with Crippen LogP contribution in [0.5, 0.6) is 11.5 Å². The van der Waals surface area contributed by atoms with Crippen LogP contribution in [0.2, 0.25) is 5.02 Å². The maximum atomic E-state index is 12.4. The van der Waals surface area contributed by atoms with Crippen molar-refractivity contribution in [1.82, 2.24) is 5.32 Å². The van der Waals surface area contributed by atoms with Gasteiger partial charge in [-0.2, -0.15) is 0 Å². The topological polar surface area (TPSA) is 76.7 Å². The number of rotatable bonds is 4. The Labute approximate surface area is 156 Å². The highest BCUT2D eigenvalue weighted by Crippen LogP contribution is 2.38. The van der Waals surface area contributed by atoms with Crippen molar-refractivity contribution < 1.29 is 19.1 Å². The van der Waals surface area contributed by atoms with Crippen molar-refractivity contribution in [1.29, 1.82) is 0 Å². The summed E-state index contributed by atoms with van der Waals surface area (Å²) >= 11 is 6.25. The summed E-state index contributed by atoms with van der Waals surface area (Å²) in [6.45, 7) is 1.10. The van der Waals surface area contributed by atoms with E-state index in [0.717, 1.165) is 12.0 Å². The highest BCUT2D eigenvalue weighted by molar-refractivity contribution is 6.32. The molecule has 2 amide bonds. The quantitative estimate of drug-likeness (QED) is 0.862. The molecule has 7 heteroatoms. The lowest BCUT2D eigenvalue weighted by Crippen LogP contribution is -2.19. The minimum absolute atomic E-state index is 0.126. The molecule has 0 aromatic heterocycles. The van der Waals surface area contributed by atoms with Crippen molar-refractivity contribution in [3.8, 4) is 11.5 Å². The van der Waals surface area contributed by atoms with Crippen LogP contribution in [0.25, 0.3) is 0 Å². The van der Waals surface area contributed by atoms with Crippen molar-refractivity contribution >= 4 is 29.1 Å². The molecule has 1 aliphatic heterocycles. The molecule has 0 aliphatic carbocycles. The van der Waals surface area contributed by atoms with Gasteiger partial charge in [0.25, 0.3) is 5.91 Å². The van der Waals surface area contributed by atoms with E-state index in [2.05, 4.69) is 10.6 Å². The Balaban J connectivity index is 1.71. The van der Waals surface area contributed by atoms with E-state index in [9.17, 15) is 9.59 Å². The van der Waals surface area contributed by atoms with E-state index in [1.54, 1.807) is 43.4 Å². The predicted octanol–water partition coefficient (Wildman–Crippen LogP) is 3.04. The van der Waals surface area contributed by atoms with Gasteiger partial charge in [0, 0.05) is 24.7 Å². The Morgan fingerprint density at radius 3 is 2.77 bits per heavy atom. The summed E-state index contributed by atoms with van der Waals surface area (Å²) in [7, 11) is 1.56. The zero-order valence-corrected chi connectivity index (χ0v) is 15.1. The average molecular weight is 375 g/mol. The van der Waals surface area contributed by atoms with Gasteiger partial charge in [0.15, 0.2) is 11.5 Å². The molecule has 136 valence electrons. The van der Waals surface area contributed by atoms with Crippen LogP contribution < -0.4 is 20.1 Å². The minimum Gasteiger partial charge on any atom is -0.489 e. The molecule has 1 heterocycles. The maximum Gasteiger partial charge on any atom is 0.251 e. The van der Waals surface area contributed by atoms with E-state index in [4.69, 9.17) is 21.1 Å². The molecule has 2 aromatic rings. The van der Waals surface area contributed by atoms with Gasteiger partial charge in [-0.15, -0.1) is 0 Å². The Morgan fingerprint density at radius 1 is 1.15 bits per heavy atom. The van der Waals surface area contributed by atoms with Gasteiger partial charge < -0.3 is 20.1 Å². The number of ether oxygens (including phenoxy) is 2. The molecular weight excluding hydrogens is 356 g/mol. The van der Waals surface area contributed by atoms with Gasteiger partial charge in [0.2, 0.25) is 5.91 Å². The SMILES string of the molecule is CNC(=O)c1cccc(NC(=O)Cc2cc(Cl)c3c(c2)OCCCO3)c1. The van der Waals surface area contributed by atoms with Crippen LogP contribution in [0.4, 0.5) is 5.69 Å². The van der Waals surface area contributed by atoms with E-state index in [0.29, 0.717) is 41.0 Å². The first-order chi connectivity index (χ1) is 12.6. The van der Waals surface area contributed by atoms with Gasteiger partial charge in [-0.3, -0.25) is 9.59 Å². The highest BCUT2D eigenvalue weighted by atomic mass is 35.5. The number of carbonyl (C=O) groups is 2. The Kier molecular flexibility index (Phi) is 5.63. The first-order valence-electron chi connectivity index (χ1n) is 8.27. The third kappa shape index (κ3) is 4.26. The van der Waals surface area contributed by atoms with Crippen LogP contribution in [0.3, 0.4) is 0 Å². The number of anilines is 1. The van der Waals surface area contributed by atoms with Gasteiger partial charge >= 0.3 is 0 Å². The van der Waals surface area contributed by atoms with Crippen LogP contribution in [0.1, 0.15) is 22.3 Å². The van der Waals surface area contributed by atoms with Gasteiger partial charge in [0.05, 0.1) is 24.7 Å². The number of hydrogen-bond donors (Lipinski definition) is 2. The summed E-state index contributed by atoms with van der Waals surface area (Å²) in [5.41, 5.74) is 1.75. The van der Waals surface area contributed by atoms with Crippen LogP contribution in [-0.4, -0.2) is 32.1 Å². The third-order valence-corrected chi connectivity index (χ3v) is 4.14. The van der Waals surface area contributed by atoms with Crippen LogP contribution in [0.15, 0.2) is 36.4 Å².